The molecule has 3 aromatic rings. The van der Waals surface area contributed by atoms with Crippen LogP contribution in [0.25, 0.3) is 11.4 Å². The molecular weight excluding hydrogens is 528 g/mol. The van der Waals surface area contributed by atoms with Gasteiger partial charge in [0.05, 0.1) is 12.2 Å². The second-order valence-corrected chi connectivity index (χ2v) is 8.06. The van der Waals surface area contributed by atoms with Crippen molar-refractivity contribution < 1.29 is 26.7 Å². The Kier molecular flexibility index (Phi) is 9.70. The van der Waals surface area contributed by atoms with Gasteiger partial charge in [0, 0.05) is 37.0 Å². The topological polar surface area (TPSA) is 85.0 Å². The number of benzene rings is 1. The Morgan fingerprint density at radius 2 is 1.83 bits per heavy atom. The Hall–Kier alpha value is -2.89. The number of aromatic nitrogens is 3. The summed E-state index contributed by atoms with van der Waals surface area (Å²) < 4.78 is 65.4. The zero-order valence-corrected chi connectivity index (χ0v) is 20.3. The molecule has 3 heterocycles. The first-order chi connectivity index (χ1) is 16.1. The molecule has 0 aliphatic carbocycles. The van der Waals surface area contributed by atoms with E-state index in [0.717, 1.165) is 36.0 Å². The molecule has 0 unspecified atom stereocenters. The van der Waals surface area contributed by atoms with Gasteiger partial charge in [0.15, 0.2) is 5.82 Å². The van der Waals surface area contributed by atoms with Crippen LogP contribution in [0.4, 0.5) is 22.0 Å². The molecule has 1 aliphatic rings. The first-order valence-electron chi connectivity index (χ1n) is 10.5. The van der Waals surface area contributed by atoms with Crippen LogP contribution in [0.2, 0.25) is 0 Å². The van der Waals surface area contributed by atoms with E-state index < -0.39 is 29.5 Å². The molecule has 0 saturated heterocycles. The average molecular weight is 550 g/mol. The molecule has 0 spiro atoms. The van der Waals surface area contributed by atoms with E-state index in [4.69, 9.17) is 5.73 Å². The van der Waals surface area contributed by atoms with Gasteiger partial charge in [-0.25, -0.2) is 18.7 Å². The zero-order chi connectivity index (χ0) is 24.5. The minimum Gasteiger partial charge on any atom is -0.336 e. The quantitative estimate of drug-likeness (QED) is 0.473. The predicted octanol–water partition coefficient (Wildman–Crippen LogP) is 4.52. The Morgan fingerprint density at radius 1 is 1.08 bits per heavy atom. The monoisotopic (exact) mass is 549 g/mol. The van der Waals surface area contributed by atoms with Crippen LogP contribution < -0.4 is 5.73 Å². The molecule has 0 fully saturated rings. The lowest BCUT2D eigenvalue weighted by Gasteiger charge is -2.29. The molecule has 2 N–H and O–H groups in total. The van der Waals surface area contributed by atoms with E-state index in [1.807, 2.05) is 0 Å². The van der Waals surface area contributed by atoms with Crippen molar-refractivity contribution in [1.82, 2.24) is 19.9 Å². The summed E-state index contributed by atoms with van der Waals surface area (Å²) in [6, 6.07) is 4.49. The van der Waals surface area contributed by atoms with Gasteiger partial charge in [-0.05, 0) is 54.3 Å². The fourth-order valence-electron chi connectivity index (χ4n) is 3.76. The van der Waals surface area contributed by atoms with Gasteiger partial charge in [0.2, 0.25) is 5.91 Å². The fraction of sp³-hybridized carbons (Fsp3) is 0.304. The standard InChI is InChI=1S/C23H20F5N5O.2ClH/c24-16-2-3-18(25)15(7-16)8-17(29)9-21(34)33-6-5-13-10-31-22(32-19(13)12-33)14-1-4-20(30-11-14)23(26,27)28;;/h1-4,7,10-11,17H,5-6,8-9,12,29H2;2*1H/t17-;;/m1../s1. The van der Waals surface area contributed by atoms with E-state index in [-0.39, 0.29) is 61.5 Å². The second-order valence-electron chi connectivity index (χ2n) is 8.06. The van der Waals surface area contributed by atoms with E-state index in [2.05, 4.69) is 15.0 Å². The molecule has 0 radical (unpaired) electrons. The summed E-state index contributed by atoms with van der Waals surface area (Å²) in [7, 11) is 0. The number of alkyl halides is 3. The van der Waals surface area contributed by atoms with E-state index in [1.54, 1.807) is 11.1 Å². The summed E-state index contributed by atoms with van der Waals surface area (Å²) >= 11 is 0. The van der Waals surface area contributed by atoms with Gasteiger partial charge in [0.1, 0.15) is 17.3 Å². The molecule has 0 bridgehead atoms. The predicted molar refractivity (Wildman–Crippen MR) is 127 cm³/mol. The summed E-state index contributed by atoms with van der Waals surface area (Å²) in [6.07, 6.45) is -1.45. The fourth-order valence-corrected chi connectivity index (χ4v) is 3.76. The Morgan fingerprint density at radius 3 is 2.50 bits per heavy atom. The number of nitrogens with two attached hydrogens (primary N) is 1. The molecule has 13 heteroatoms. The van der Waals surface area contributed by atoms with Gasteiger partial charge >= 0.3 is 6.18 Å². The molecule has 2 aromatic heterocycles. The molecule has 194 valence electrons. The summed E-state index contributed by atoms with van der Waals surface area (Å²) in [5.74, 6) is -1.22. The Bertz CT molecular complexity index is 1210. The normalized spacial score (nSPS) is 13.8. The highest BCUT2D eigenvalue weighted by molar-refractivity contribution is 5.85. The minimum atomic E-state index is -4.54. The summed E-state index contributed by atoms with van der Waals surface area (Å²) in [5.41, 5.74) is 6.84. The van der Waals surface area contributed by atoms with E-state index in [1.165, 1.54) is 6.07 Å². The highest BCUT2D eigenvalue weighted by Gasteiger charge is 2.32. The van der Waals surface area contributed by atoms with Crippen LogP contribution in [0.5, 0.6) is 0 Å². The van der Waals surface area contributed by atoms with Gasteiger partial charge in [-0.15, -0.1) is 24.8 Å². The maximum atomic E-state index is 13.9. The third kappa shape index (κ3) is 6.86. The van der Waals surface area contributed by atoms with Crippen molar-refractivity contribution in [3.05, 3.63) is 76.9 Å². The number of pyridine rings is 1. The van der Waals surface area contributed by atoms with Crippen molar-refractivity contribution in [2.45, 2.75) is 38.0 Å². The van der Waals surface area contributed by atoms with Crippen LogP contribution >= 0.6 is 24.8 Å². The van der Waals surface area contributed by atoms with Gasteiger partial charge in [0.25, 0.3) is 0 Å². The van der Waals surface area contributed by atoms with E-state index >= 15 is 0 Å². The summed E-state index contributed by atoms with van der Waals surface area (Å²) in [4.78, 5) is 26.4. The molecular formula is C23H22Cl2F5N5O. The number of carbonyl (C=O) groups excluding carboxylic acids is 1. The number of amides is 1. The number of hydrogen-bond acceptors (Lipinski definition) is 5. The van der Waals surface area contributed by atoms with Crippen LogP contribution in [0.15, 0.2) is 42.7 Å². The lowest BCUT2D eigenvalue weighted by atomic mass is 10.0. The highest BCUT2D eigenvalue weighted by atomic mass is 35.5. The molecule has 1 aliphatic heterocycles. The van der Waals surface area contributed by atoms with E-state index in [0.29, 0.717) is 24.2 Å². The largest absolute Gasteiger partial charge is 0.433 e. The second kappa shape index (κ2) is 11.9. The maximum absolute atomic E-state index is 13.9. The number of carbonyl (C=O) groups is 1. The van der Waals surface area contributed by atoms with Crippen molar-refractivity contribution in [2.75, 3.05) is 6.54 Å². The van der Waals surface area contributed by atoms with Crippen LogP contribution in [0.3, 0.4) is 0 Å². The average Bonchev–Trinajstić information content (AvgIpc) is 2.80. The van der Waals surface area contributed by atoms with Crippen molar-refractivity contribution in [3.8, 4) is 11.4 Å². The zero-order valence-electron chi connectivity index (χ0n) is 18.6. The van der Waals surface area contributed by atoms with Crippen LogP contribution in [-0.2, 0) is 30.4 Å². The van der Waals surface area contributed by atoms with Crippen molar-refractivity contribution in [1.29, 1.82) is 0 Å². The first kappa shape index (κ1) is 29.3. The molecule has 6 nitrogen and oxygen atoms in total. The van der Waals surface area contributed by atoms with Gasteiger partial charge in [-0.1, -0.05) is 0 Å². The Labute approximate surface area is 216 Å². The number of nitrogens with zero attached hydrogens (tertiary/aromatic N) is 4. The van der Waals surface area contributed by atoms with Crippen molar-refractivity contribution in [2.24, 2.45) is 5.73 Å². The highest BCUT2D eigenvalue weighted by Crippen LogP contribution is 2.29. The third-order valence-electron chi connectivity index (χ3n) is 5.54. The van der Waals surface area contributed by atoms with Crippen LogP contribution in [0, 0.1) is 11.6 Å². The van der Waals surface area contributed by atoms with E-state index in [9.17, 15) is 26.7 Å². The molecule has 36 heavy (non-hydrogen) atoms. The number of hydrogen-bond donors (Lipinski definition) is 1. The van der Waals surface area contributed by atoms with Gasteiger partial charge < -0.3 is 10.6 Å². The molecule has 1 amide bonds. The minimum absolute atomic E-state index is 0. The summed E-state index contributed by atoms with van der Waals surface area (Å²) in [6.45, 7) is 0.593. The molecule has 0 saturated carbocycles. The van der Waals surface area contributed by atoms with Gasteiger partial charge in [-0.3, -0.25) is 9.78 Å². The lowest BCUT2D eigenvalue weighted by Crippen LogP contribution is -2.40. The van der Waals surface area contributed by atoms with Crippen LogP contribution in [0.1, 0.15) is 28.9 Å². The number of fused-ring (bicyclic) bond motifs is 1. The summed E-state index contributed by atoms with van der Waals surface area (Å²) in [5, 5.41) is 0. The number of halogens is 7. The smallest absolute Gasteiger partial charge is 0.336 e. The van der Waals surface area contributed by atoms with Crippen LogP contribution in [-0.4, -0.2) is 38.3 Å². The van der Waals surface area contributed by atoms with Gasteiger partial charge in [-0.2, -0.15) is 13.2 Å². The van der Waals surface area contributed by atoms with Crippen molar-refractivity contribution in [3.63, 3.8) is 0 Å². The molecule has 1 aromatic carbocycles. The maximum Gasteiger partial charge on any atom is 0.433 e. The lowest BCUT2D eigenvalue weighted by molar-refractivity contribution is -0.141. The SMILES string of the molecule is Cl.Cl.N[C@@H](CC(=O)N1CCc2cnc(-c3ccc(C(F)(F)F)nc3)nc2C1)Cc1cc(F)ccc1F. The first-order valence-corrected chi connectivity index (χ1v) is 10.5. The third-order valence-corrected chi connectivity index (χ3v) is 5.54. The number of rotatable bonds is 5. The van der Waals surface area contributed by atoms with Crippen molar-refractivity contribution >= 4 is 30.7 Å². The molecule has 4 rings (SSSR count). The Balaban J connectivity index is 0.00000228. The molecule has 1 atom stereocenters.